The van der Waals surface area contributed by atoms with Crippen LogP contribution in [0, 0.1) is 11.6 Å². The van der Waals surface area contributed by atoms with Gasteiger partial charge in [0.05, 0.1) is 16.3 Å². The first-order valence-corrected chi connectivity index (χ1v) is 4.53. The zero-order valence-corrected chi connectivity index (χ0v) is 7.64. The van der Waals surface area contributed by atoms with Crippen molar-refractivity contribution in [3.05, 3.63) is 42.2 Å². The topological polar surface area (TPSA) is 29.9 Å². The highest BCUT2D eigenvalue weighted by Crippen LogP contribution is 2.27. The molecule has 2 N–H and O–H groups in total. The maximum atomic E-state index is 13.6. The van der Waals surface area contributed by atoms with Crippen molar-refractivity contribution >= 4 is 21.8 Å². The summed E-state index contributed by atoms with van der Waals surface area (Å²) in [7, 11) is 0. The minimum absolute atomic E-state index is 0.293. The highest BCUT2D eigenvalue weighted by molar-refractivity contribution is 6.06. The summed E-state index contributed by atoms with van der Waals surface area (Å²) in [5.41, 5.74) is 1.39. The number of H-pyrrole nitrogens is 2. The second-order valence-corrected chi connectivity index (χ2v) is 3.38. The molecule has 0 aliphatic carbocycles. The fourth-order valence-corrected chi connectivity index (χ4v) is 1.81. The second kappa shape index (κ2) is 2.76. The number of aromatic nitrogens is 2. The lowest BCUT2D eigenvalue weighted by Gasteiger charge is -1.93. The van der Waals surface area contributed by atoms with Crippen LogP contribution in [0.4, 0.5) is 8.78 Å². The predicted octanol–water partition coefficient (Wildman–Crippen LogP) is 2.41. The third-order valence-corrected chi connectivity index (χ3v) is 2.50. The van der Waals surface area contributed by atoms with Gasteiger partial charge in [-0.15, -0.1) is 0 Å². The number of benzene rings is 1. The highest BCUT2D eigenvalue weighted by Gasteiger charge is 2.13. The van der Waals surface area contributed by atoms with Crippen LogP contribution in [0.5, 0.6) is 0 Å². The quantitative estimate of drug-likeness (QED) is 0.584. The summed E-state index contributed by atoms with van der Waals surface area (Å²) >= 11 is 0. The summed E-state index contributed by atoms with van der Waals surface area (Å²) in [6, 6.07) is 4.44. The van der Waals surface area contributed by atoms with E-state index in [4.69, 9.17) is 0 Å². The molecule has 0 aliphatic heterocycles. The summed E-state index contributed by atoms with van der Waals surface area (Å²) in [6.07, 6.45) is 3.38. The lowest BCUT2D eigenvalue weighted by Crippen LogP contribution is -1.96. The lowest BCUT2D eigenvalue weighted by molar-refractivity contribution is -0.375. The molecule has 4 heteroatoms. The molecule has 0 atom stereocenters. The molecule has 2 heterocycles. The van der Waals surface area contributed by atoms with E-state index in [0.29, 0.717) is 16.3 Å². The van der Waals surface area contributed by atoms with Gasteiger partial charge in [0.1, 0.15) is 0 Å². The van der Waals surface area contributed by atoms with Crippen LogP contribution in [0.3, 0.4) is 0 Å². The number of aromatic amines is 2. The third-order valence-electron chi connectivity index (χ3n) is 2.50. The summed E-state index contributed by atoms with van der Waals surface area (Å²) in [4.78, 5) is 5.87. The molecular weight excluding hydrogens is 198 g/mol. The molecule has 0 spiro atoms. The Balaban J connectivity index is 2.63. The SMILES string of the molecule is Fc1ccc2[nH]c3cc[nH+]cc3c2c1F. The van der Waals surface area contributed by atoms with E-state index in [-0.39, 0.29) is 0 Å². The third kappa shape index (κ3) is 1.05. The van der Waals surface area contributed by atoms with E-state index in [1.54, 1.807) is 18.5 Å². The van der Waals surface area contributed by atoms with Crippen molar-refractivity contribution in [2.75, 3.05) is 0 Å². The Labute approximate surface area is 83.6 Å². The fraction of sp³-hybridized carbons (Fsp3) is 0. The van der Waals surface area contributed by atoms with Gasteiger partial charge in [-0.1, -0.05) is 0 Å². The molecule has 0 radical (unpaired) electrons. The van der Waals surface area contributed by atoms with Gasteiger partial charge < -0.3 is 4.98 Å². The van der Waals surface area contributed by atoms with Gasteiger partial charge in [0.2, 0.25) is 0 Å². The summed E-state index contributed by atoms with van der Waals surface area (Å²) in [5, 5.41) is 0.950. The fourth-order valence-electron chi connectivity index (χ4n) is 1.81. The van der Waals surface area contributed by atoms with Gasteiger partial charge in [-0.25, -0.2) is 13.8 Å². The second-order valence-electron chi connectivity index (χ2n) is 3.38. The molecule has 0 saturated heterocycles. The molecule has 0 unspecified atom stereocenters. The first kappa shape index (κ1) is 8.35. The molecule has 74 valence electrons. The van der Waals surface area contributed by atoms with Crippen molar-refractivity contribution in [2.45, 2.75) is 0 Å². The van der Waals surface area contributed by atoms with Gasteiger partial charge >= 0.3 is 0 Å². The molecule has 0 aliphatic rings. The van der Waals surface area contributed by atoms with Gasteiger partial charge in [-0.2, -0.15) is 0 Å². The Hall–Kier alpha value is -1.97. The van der Waals surface area contributed by atoms with Crippen molar-refractivity contribution < 1.29 is 13.8 Å². The number of hydrogen-bond donors (Lipinski definition) is 1. The largest absolute Gasteiger partial charge is 0.354 e. The monoisotopic (exact) mass is 205 g/mol. The van der Waals surface area contributed by atoms with E-state index in [0.717, 1.165) is 11.6 Å². The Kier molecular flexibility index (Phi) is 1.54. The number of nitrogens with one attached hydrogen (secondary N) is 2. The molecule has 2 nitrogen and oxygen atoms in total. The van der Waals surface area contributed by atoms with Crippen LogP contribution in [0.25, 0.3) is 21.8 Å². The van der Waals surface area contributed by atoms with E-state index in [9.17, 15) is 8.78 Å². The number of rotatable bonds is 0. The molecule has 15 heavy (non-hydrogen) atoms. The minimum Gasteiger partial charge on any atom is -0.354 e. The molecule has 3 rings (SSSR count). The maximum absolute atomic E-state index is 13.6. The van der Waals surface area contributed by atoms with E-state index in [1.807, 2.05) is 0 Å². The molecule has 0 saturated carbocycles. The van der Waals surface area contributed by atoms with Crippen LogP contribution in [0.15, 0.2) is 30.6 Å². The van der Waals surface area contributed by atoms with Crippen LogP contribution in [-0.2, 0) is 0 Å². The number of halogens is 2. The Morgan fingerprint density at radius 2 is 1.93 bits per heavy atom. The van der Waals surface area contributed by atoms with Crippen molar-refractivity contribution in [1.29, 1.82) is 0 Å². The van der Waals surface area contributed by atoms with Crippen LogP contribution < -0.4 is 4.98 Å². The lowest BCUT2D eigenvalue weighted by atomic mass is 10.2. The van der Waals surface area contributed by atoms with Gasteiger partial charge in [-0.3, -0.25) is 0 Å². The van der Waals surface area contributed by atoms with Gasteiger partial charge in [0, 0.05) is 11.6 Å². The smallest absolute Gasteiger partial charge is 0.177 e. The normalized spacial score (nSPS) is 11.3. The van der Waals surface area contributed by atoms with Crippen molar-refractivity contribution in [1.82, 2.24) is 4.98 Å². The predicted molar refractivity (Wildman–Crippen MR) is 52.3 cm³/mol. The van der Waals surface area contributed by atoms with E-state index < -0.39 is 11.6 Å². The van der Waals surface area contributed by atoms with Crippen LogP contribution in [0.2, 0.25) is 0 Å². The molecule has 0 bridgehead atoms. The zero-order chi connectivity index (χ0) is 10.4. The summed E-state index contributed by atoms with van der Waals surface area (Å²) in [5.74, 6) is -1.63. The Morgan fingerprint density at radius 3 is 2.80 bits per heavy atom. The average Bonchev–Trinajstić information content (AvgIpc) is 2.62. The molecule has 2 aromatic heterocycles. The molecular formula is C11H7F2N2+. The Morgan fingerprint density at radius 1 is 1.07 bits per heavy atom. The van der Waals surface area contributed by atoms with Crippen LogP contribution in [0.1, 0.15) is 0 Å². The van der Waals surface area contributed by atoms with Gasteiger partial charge in [0.25, 0.3) is 0 Å². The van der Waals surface area contributed by atoms with E-state index >= 15 is 0 Å². The maximum Gasteiger partial charge on any atom is 0.177 e. The molecule has 1 aromatic carbocycles. The van der Waals surface area contributed by atoms with Crippen molar-refractivity contribution in [3.8, 4) is 0 Å². The van der Waals surface area contributed by atoms with Crippen molar-refractivity contribution in [2.24, 2.45) is 0 Å². The number of hydrogen-bond acceptors (Lipinski definition) is 0. The molecule has 3 aromatic rings. The van der Waals surface area contributed by atoms with Crippen LogP contribution >= 0.6 is 0 Å². The van der Waals surface area contributed by atoms with Crippen molar-refractivity contribution in [3.63, 3.8) is 0 Å². The molecule has 0 amide bonds. The van der Waals surface area contributed by atoms with E-state index in [2.05, 4.69) is 9.97 Å². The highest BCUT2D eigenvalue weighted by atomic mass is 19.2. The van der Waals surface area contributed by atoms with Gasteiger partial charge in [-0.05, 0) is 12.1 Å². The standard InChI is InChI=1S/C11H6F2N2/c12-7-1-2-9-10(11(7)13)6-5-14-4-3-8(6)15-9/h1-5,15H/p+1. The summed E-state index contributed by atoms with van der Waals surface area (Å²) in [6.45, 7) is 0. The first-order valence-electron chi connectivity index (χ1n) is 4.53. The summed E-state index contributed by atoms with van der Waals surface area (Å²) < 4.78 is 26.6. The number of pyridine rings is 1. The zero-order valence-electron chi connectivity index (χ0n) is 7.64. The van der Waals surface area contributed by atoms with Crippen LogP contribution in [-0.4, -0.2) is 4.98 Å². The van der Waals surface area contributed by atoms with E-state index in [1.165, 1.54) is 6.07 Å². The molecule has 0 fully saturated rings. The first-order chi connectivity index (χ1) is 7.27. The minimum atomic E-state index is -0.827. The number of fused-ring (bicyclic) bond motifs is 3. The average molecular weight is 205 g/mol. The van der Waals surface area contributed by atoms with Gasteiger partial charge in [0.15, 0.2) is 24.0 Å². The Bertz CT molecular complexity index is 658.